The zero-order chi connectivity index (χ0) is 29.1. The maximum atomic E-state index is 14.1. The van der Waals surface area contributed by atoms with Crippen molar-refractivity contribution in [3.05, 3.63) is 77.9 Å². The van der Waals surface area contributed by atoms with E-state index in [-0.39, 0.29) is 17.7 Å². The van der Waals surface area contributed by atoms with Crippen LogP contribution in [0.15, 0.2) is 76.6 Å². The van der Waals surface area contributed by atoms with Crippen LogP contribution in [-0.2, 0) is 29.7 Å². The topological polar surface area (TPSA) is 110 Å². The molecule has 1 aliphatic rings. The van der Waals surface area contributed by atoms with Gasteiger partial charge < -0.3 is 9.64 Å². The number of nitrogens with zero attached hydrogens (tertiary/aromatic N) is 2. The molecule has 3 rings (SSSR count). The van der Waals surface area contributed by atoms with Crippen LogP contribution in [0.2, 0.25) is 0 Å². The molecule has 0 radical (unpaired) electrons. The fourth-order valence-corrected chi connectivity index (χ4v) is 5.42. The van der Waals surface area contributed by atoms with E-state index in [2.05, 4.69) is 4.99 Å². The summed E-state index contributed by atoms with van der Waals surface area (Å²) in [5, 5.41) is 0. The molecule has 1 aliphatic heterocycles. The van der Waals surface area contributed by atoms with Gasteiger partial charge in [0.25, 0.3) is 15.7 Å². The number of benzene rings is 2. The lowest BCUT2D eigenvalue weighted by Crippen LogP contribution is -2.68. The Morgan fingerprint density at radius 3 is 2.10 bits per heavy atom. The quantitative estimate of drug-likeness (QED) is 0.399. The van der Waals surface area contributed by atoms with Crippen molar-refractivity contribution < 1.29 is 40.7 Å². The highest BCUT2D eigenvalue weighted by Gasteiger charge is 2.66. The van der Waals surface area contributed by atoms with Gasteiger partial charge in [0.05, 0.1) is 12.0 Å². The Morgan fingerprint density at radius 2 is 1.64 bits per heavy atom. The fourth-order valence-electron chi connectivity index (χ4n) is 4.66. The Hall–Kier alpha value is -3.80. The van der Waals surface area contributed by atoms with Crippen molar-refractivity contribution >= 4 is 33.7 Å². The van der Waals surface area contributed by atoms with Crippen LogP contribution in [0.25, 0.3) is 0 Å². The Labute approximate surface area is 224 Å². The second-order valence-corrected chi connectivity index (χ2v) is 10.8. The lowest BCUT2D eigenvalue weighted by molar-refractivity contribution is -0.161. The van der Waals surface area contributed by atoms with Crippen molar-refractivity contribution in [3.8, 4) is 0 Å². The average Bonchev–Trinajstić information content (AvgIpc) is 3.42. The van der Waals surface area contributed by atoms with E-state index in [1.54, 1.807) is 18.2 Å². The van der Waals surface area contributed by atoms with Crippen LogP contribution in [0.4, 0.5) is 13.2 Å². The molecule has 2 unspecified atom stereocenters. The number of ketones is 1. The number of carbonyl (C=O) groups excluding carboxylic acids is 3. The smallest absolute Gasteiger partial charge is 0.467 e. The molecule has 8 nitrogen and oxygen atoms in total. The van der Waals surface area contributed by atoms with Crippen LogP contribution in [0, 0.1) is 0 Å². The third-order valence-electron chi connectivity index (χ3n) is 6.56. The number of aliphatic imine (C=N–C) groups is 1. The lowest BCUT2D eigenvalue weighted by Gasteiger charge is -2.49. The first kappa shape index (κ1) is 29.8. The number of methoxy groups -OCH3 is 1. The molecule has 2 aromatic carbocycles. The second-order valence-electron chi connectivity index (χ2n) is 8.81. The van der Waals surface area contributed by atoms with E-state index < -0.39 is 49.0 Å². The van der Waals surface area contributed by atoms with E-state index >= 15 is 0 Å². The summed E-state index contributed by atoms with van der Waals surface area (Å²) >= 11 is 0. The molecule has 39 heavy (non-hydrogen) atoms. The molecule has 0 N–H and O–H groups in total. The number of allylic oxidation sites excluding steroid dienone is 1. The Bertz CT molecular complexity index is 1390. The van der Waals surface area contributed by atoms with Crippen LogP contribution in [-0.4, -0.2) is 61.9 Å². The molecule has 12 heteroatoms. The number of Topliss-reactive ketones (excluding diaryl/α,β-unsaturated/α-hetero) is 1. The number of hydrogen-bond acceptors (Lipinski definition) is 7. The van der Waals surface area contributed by atoms with Gasteiger partial charge in [-0.05, 0) is 55.3 Å². The van der Waals surface area contributed by atoms with E-state index in [1.807, 2.05) is 6.92 Å². The normalized spacial score (nSPS) is 18.4. The molecule has 208 valence electrons. The van der Waals surface area contributed by atoms with Gasteiger partial charge in [0.15, 0.2) is 11.3 Å². The molecule has 2 aromatic rings. The van der Waals surface area contributed by atoms with Crippen molar-refractivity contribution in [2.75, 3.05) is 13.7 Å². The molecule has 0 saturated carbocycles. The fraction of sp³-hybridized carbons (Fsp3) is 0.333. The summed E-state index contributed by atoms with van der Waals surface area (Å²) in [6, 6.07) is 11.2. The molecule has 0 spiro atoms. The number of esters is 1. The first-order valence-electron chi connectivity index (χ1n) is 11.9. The van der Waals surface area contributed by atoms with Crippen LogP contribution < -0.4 is 0 Å². The minimum absolute atomic E-state index is 0.0691. The van der Waals surface area contributed by atoms with Gasteiger partial charge in [-0.25, -0.2) is 13.2 Å². The molecule has 0 aliphatic carbocycles. The highest BCUT2D eigenvalue weighted by Crippen LogP contribution is 2.47. The van der Waals surface area contributed by atoms with Crippen molar-refractivity contribution in [1.82, 2.24) is 4.90 Å². The van der Waals surface area contributed by atoms with Crippen molar-refractivity contribution in [2.24, 2.45) is 4.99 Å². The molecule has 1 amide bonds. The van der Waals surface area contributed by atoms with Gasteiger partial charge in [-0.15, -0.1) is 0 Å². The maximum Gasteiger partial charge on any atom is 0.501 e. The Balaban J connectivity index is 2.44. The molecular weight excluding hydrogens is 537 g/mol. The number of ether oxygens (including phenoxy) is 1. The number of alkyl halides is 3. The number of sulfone groups is 1. The summed E-state index contributed by atoms with van der Waals surface area (Å²) in [6.45, 7) is 2.94. The molecule has 0 fully saturated rings. The van der Waals surface area contributed by atoms with Gasteiger partial charge in [0, 0.05) is 18.3 Å². The van der Waals surface area contributed by atoms with E-state index in [4.69, 9.17) is 4.74 Å². The van der Waals surface area contributed by atoms with Crippen LogP contribution in [0.5, 0.6) is 0 Å². The number of halogens is 3. The second kappa shape index (κ2) is 11.1. The van der Waals surface area contributed by atoms with Gasteiger partial charge in [0.2, 0.25) is 5.54 Å². The predicted molar refractivity (Wildman–Crippen MR) is 137 cm³/mol. The SMILES string of the molecule is CCCCN(C(=O)c1ccccc1)C(C(=O)OC)(c1ccc(S(=O)(=O)C(F)(F)F)cc1)C1(C(C)=O)C=CC=N1. The number of amides is 1. The van der Waals surface area contributed by atoms with E-state index in [9.17, 15) is 36.0 Å². The van der Waals surface area contributed by atoms with Gasteiger partial charge in [-0.2, -0.15) is 13.2 Å². The summed E-state index contributed by atoms with van der Waals surface area (Å²) in [4.78, 5) is 45.7. The van der Waals surface area contributed by atoms with Crippen molar-refractivity contribution in [1.29, 1.82) is 0 Å². The first-order chi connectivity index (χ1) is 18.3. The number of unbranched alkanes of at least 4 members (excludes halogenated alkanes) is 1. The molecule has 2 atom stereocenters. The molecule has 1 heterocycles. The van der Waals surface area contributed by atoms with Gasteiger partial charge in [0.1, 0.15) is 0 Å². The molecule has 0 saturated heterocycles. The van der Waals surface area contributed by atoms with Gasteiger partial charge >= 0.3 is 11.5 Å². The maximum absolute atomic E-state index is 14.1. The lowest BCUT2D eigenvalue weighted by atomic mass is 9.68. The minimum atomic E-state index is -5.72. The third-order valence-corrected chi connectivity index (χ3v) is 8.07. The molecule has 0 bridgehead atoms. The third kappa shape index (κ3) is 4.88. The van der Waals surface area contributed by atoms with E-state index in [0.717, 1.165) is 31.1 Å². The minimum Gasteiger partial charge on any atom is -0.467 e. The van der Waals surface area contributed by atoms with E-state index in [1.165, 1.54) is 30.5 Å². The van der Waals surface area contributed by atoms with Gasteiger partial charge in [-0.3, -0.25) is 14.6 Å². The highest BCUT2D eigenvalue weighted by molar-refractivity contribution is 7.92. The zero-order valence-electron chi connectivity index (χ0n) is 21.4. The Kier molecular flexibility index (Phi) is 8.49. The number of carbonyl (C=O) groups is 3. The van der Waals surface area contributed by atoms with Crippen LogP contribution >= 0.6 is 0 Å². The zero-order valence-corrected chi connectivity index (χ0v) is 22.3. The predicted octanol–water partition coefficient (Wildman–Crippen LogP) is 4.26. The summed E-state index contributed by atoms with van der Waals surface area (Å²) in [5.41, 5.74) is -9.97. The summed E-state index contributed by atoms with van der Waals surface area (Å²) in [6.07, 6.45) is 4.95. The van der Waals surface area contributed by atoms with Crippen LogP contribution in [0.1, 0.15) is 42.6 Å². The Morgan fingerprint density at radius 1 is 1.03 bits per heavy atom. The summed E-state index contributed by atoms with van der Waals surface area (Å²) in [5.74, 6) is -2.42. The van der Waals surface area contributed by atoms with Gasteiger partial charge in [-0.1, -0.05) is 43.7 Å². The highest BCUT2D eigenvalue weighted by atomic mass is 32.2. The monoisotopic (exact) mass is 564 g/mol. The summed E-state index contributed by atoms with van der Waals surface area (Å²) in [7, 11) is -4.67. The number of rotatable bonds is 10. The van der Waals surface area contributed by atoms with Crippen molar-refractivity contribution in [2.45, 2.75) is 48.2 Å². The van der Waals surface area contributed by atoms with Crippen LogP contribution in [0.3, 0.4) is 0 Å². The molecule has 0 aromatic heterocycles. The largest absolute Gasteiger partial charge is 0.501 e. The first-order valence-corrected chi connectivity index (χ1v) is 13.4. The average molecular weight is 565 g/mol. The molecular formula is C27H27F3N2O6S. The van der Waals surface area contributed by atoms with E-state index in [0.29, 0.717) is 25.0 Å². The number of hydrogen-bond donors (Lipinski definition) is 0. The van der Waals surface area contributed by atoms with Crippen molar-refractivity contribution in [3.63, 3.8) is 0 Å². The standard InChI is InChI=1S/C27H27F3N2O6S/c1-4-5-18-32(23(34)20-10-7-6-8-11-20)26(24(35)38-3,25(19(2)33)16-9-17-31-25)21-12-14-22(15-13-21)39(36,37)27(28,29)30/h6-17H,4-5,18H2,1-3H3. The summed E-state index contributed by atoms with van der Waals surface area (Å²) < 4.78 is 68.9.